The van der Waals surface area contributed by atoms with Crippen LogP contribution in [-0.2, 0) is 14.3 Å². The van der Waals surface area contributed by atoms with Gasteiger partial charge in [0.25, 0.3) is 0 Å². The molecule has 0 aromatic rings. The first-order valence-electron chi connectivity index (χ1n) is 4.63. The van der Waals surface area contributed by atoms with Gasteiger partial charge in [0.1, 0.15) is 0 Å². The number of carbonyl (C=O) groups is 2. The smallest absolute Gasteiger partial charge is 0.330 e. The average molecular weight is 231 g/mol. The molecule has 2 N–H and O–H groups in total. The van der Waals surface area contributed by atoms with Crippen molar-refractivity contribution >= 4 is 11.9 Å². The molecule has 0 aliphatic carbocycles. The van der Waals surface area contributed by atoms with E-state index in [1.807, 2.05) is 14.1 Å². The third kappa shape index (κ3) is 29.4. The zero-order valence-electron chi connectivity index (χ0n) is 10.4. The molecule has 5 nitrogen and oxygen atoms in total. The zero-order chi connectivity index (χ0) is 13.6. The van der Waals surface area contributed by atoms with Crippen LogP contribution in [0.4, 0.5) is 0 Å². The molecule has 0 aliphatic heterocycles. The van der Waals surface area contributed by atoms with Crippen LogP contribution in [0, 0.1) is 0 Å². The third-order valence-corrected chi connectivity index (χ3v) is 0.818. The Morgan fingerprint density at radius 2 is 1.75 bits per heavy atom. The van der Waals surface area contributed by atoms with Crippen molar-refractivity contribution in [1.29, 1.82) is 0 Å². The Bertz CT molecular complexity index is 212. The average Bonchev–Trinajstić information content (AvgIpc) is 2.20. The minimum absolute atomic E-state index is 0.176. The van der Waals surface area contributed by atoms with Gasteiger partial charge >= 0.3 is 11.9 Å². The Morgan fingerprint density at radius 3 is 1.81 bits per heavy atom. The van der Waals surface area contributed by atoms with E-state index in [0.717, 1.165) is 6.08 Å². The summed E-state index contributed by atoms with van der Waals surface area (Å²) >= 11 is 0. The van der Waals surface area contributed by atoms with Gasteiger partial charge in [0.15, 0.2) is 0 Å². The quantitative estimate of drug-likeness (QED) is 0.564. The molecule has 0 heterocycles. The molecule has 0 rings (SSSR count). The van der Waals surface area contributed by atoms with Gasteiger partial charge in [-0.2, -0.15) is 0 Å². The second-order valence-electron chi connectivity index (χ2n) is 2.54. The van der Waals surface area contributed by atoms with E-state index in [4.69, 9.17) is 5.11 Å². The topological polar surface area (TPSA) is 75.6 Å². The number of hydrogen-bond donors (Lipinski definition) is 2. The zero-order valence-corrected chi connectivity index (χ0v) is 10.4. The largest absolute Gasteiger partial charge is 0.478 e. The maximum absolute atomic E-state index is 10.1. The molecule has 0 atom stereocenters. The van der Waals surface area contributed by atoms with Crippen molar-refractivity contribution in [3.8, 4) is 0 Å². The Morgan fingerprint density at radius 1 is 1.44 bits per heavy atom. The molecule has 0 aliphatic rings. The summed E-state index contributed by atoms with van der Waals surface area (Å²) in [5.41, 5.74) is 0.176. The van der Waals surface area contributed by atoms with Crippen molar-refractivity contribution in [3.05, 3.63) is 24.8 Å². The van der Waals surface area contributed by atoms with Gasteiger partial charge < -0.3 is 15.2 Å². The minimum Gasteiger partial charge on any atom is -0.478 e. The lowest BCUT2D eigenvalue weighted by molar-refractivity contribution is -0.137. The normalized spacial score (nSPS) is 7.25. The lowest BCUT2D eigenvalue weighted by atomic mass is 10.4. The second-order valence-corrected chi connectivity index (χ2v) is 2.54. The van der Waals surface area contributed by atoms with Crippen LogP contribution in [-0.4, -0.2) is 37.7 Å². The summed E-state index contributed by atoms with van der Waals surface area (Å²) in [5.74, 6) is -1.29. The molecule has 0 aromatic carbocycles. The van der Waals surface area contributed by atoms with E-state index in [0.29, 0.717) is 6.61 Å². The first-order valence-corrected chi connectivity index (χ1v) is 4.63. The molecular weight excluding hydrogens is 210 g/mol. The molecule has 0 unspecified atom stereocenters. The van der Waals surface area contributed by atoms with Crippen molar-refractivity contribution in [2.75, 3.05) is 20.7 Å². The highest BCUT2D eigenvalue weighted by atomic mass is 16.5. The summed E-state index contributed by atoms with van der Waals surface area (Å²) in [6, 6.07) is 0. The van der Waals surface area contributed by atoms with Gasteiger partial charge in [-0.25, -0.2) is 9.59 Å². The standard InChI is InChI=1S/C5H8O2.C4H6O2.C2H7N/c1-3-5(6)7-4-2;1-3(2)4(5)6;1-3-2/h3H,1,4H2,2H3;1H2,2H3,(H,5,6);3H,1-2H3. The molecule has 0 radical (unpaired) electrons. The minimum atomic E-state index is -0.935. The maximum Gasteiger partial charge on any atom is 0.330 e. The van der Waals surface area contributed by atoms with Crippen LogP contribution >= 0.6 is 0 Å². The van der Waals surface area contributed by atoms with Crippen LogP contribution in [0.15, 0.2) is 24.8 Å². The fourth-order valence-corrected chi connectivity index (χ4v) is 0.201. The lowest BCUT2D eigenvalue weighted by Crippen LogP contribution is -1.97. The molecular formula is C11H21NO4. The fraction of sp³-hybridized carbons (Fsp3) is 0.455. The van der Waals surface area contributed by atoms with E-state index in [-0.39, 0.29) is 11.5 Å². The third-order valence-electron chi connectivity index (χ3n) is 0.818. The number of nitrogens with one attached hydrogen (secondary N) is 1. The Balaban J connectivity index is -0.000000172. The SMILES string of the molecule is C=C(C)C(=O)O.C=CC(=O)OCC.CNC. The van der Waals surface area contributed by atoms with Gasteiger partial charge in [-0.3, -0.25) is 0 Å². The molecule has 0 bridgehead atoms. The van der Waals surface area contributed by atoms with Crippen LogP contribution in [0.25, 0.3) is 0 Å². The molecule has 0 amide bonds. The number of carboxylic acids is 1. The monoisotopic (exact) mass is 231 g/mol. The molecule has 0 spiro atoms. The number of carbonyl (C=O) groups excluding carboxylic acids is 1. The molecule has 0 aromatic heterocycles. The number of aliphatic carboxylic acids is 1. The fourth-order valence-electron chi connectivity index (χ4n) is 0.201. The summed E-state index contributed by atoms with van der Waals surface area (Å²) in [5, 5.41) is 10.6. The van der Waals surface area contributed by atoms with Crippen molar-refractivity contribution in [2.45, 2.75) is 13.8 Å². The van der Waals surface area contributed by atoms with Gasteiger partial charge in [0, 0.05) is 11.6 Å². The van der Waals surface area contributed by atoms with Gasteiger partial charge in [-0.05, 0) is 27.9 Å². The number of esters is 1. The van der Waals surface area contributed by atoms with Crippen LogP contribution in [0.5, 0.6) is 0 Å². The number of rotatable bonds is 3. The van der Waals surface area contributed by atoms with E-state index in [9.17, 15) is 9.59 Å². The Hall–Kier alpha value is -1.62. The molecule has 94 valence electrons. The van der Waals surface area contributed by atoms with Gasteiger partial charge in [0.05, 0.1) is 6.61 Å². The predicted octanol–water partition coefficient (Wildman–Crippen LogP) is 1.22. The Kier molecular flexibility index (Phi) is 19.7. The summed E-state index contributed by atoms with van der Waals surface area (Å²) in [6.45, 7) is 9.98. The van der Waals surface area contributed by atoms with Crippen molar-refractivity contribution in [2.24, 2.45) is 0 Å². The summed E-state index contributed by atoms with van der Waals surface area (Å²) < 4.78 is 4.43. The first-order chi connectivity index (χ1) is 7.37. The number of carboxylic acid groups (broad SMARTS) is 1. The van der Waals surface area contributed by atoms with Gasteiger partial charge in [-0.1, -0.05) is 13.2 Å². The number of hydrogen-bond acceptors (Lipinski definition) is 4. The van der Waals surface area contributed by atoms with E-state index >= 15 is 0 Å². The highest BCUT2D eigenvalue weighted by Gasteiger charge is 1.90. The van der Waals surface area contributed by atoms with Crippen molar-refractivity contribution < 1.29 is 19.4 Å². The number of ether oxygens (including phenoxy) is 1. The highest BCUT2D eigenvalue weighted by molar-refractivity contribution is 5.84. The van der Waals surface area contributed by atoms with Gasteiger partial charge in [0.2, 0.25) is 0 Å². The summed E-state index contributed by atoms with van der Waals surface area (Å²) in [4.78, 5) is 19.7. The van der Waals surface area contributed by atoms with Crippen molar-refractivity contribution in [3.63, 3.8) is 0 Å². The highest BCUT2D eigenvalue weighted by Crippen LogP contribution is 1.81. The molecule has 0 fully saturated rings. The molecule has 16 heavy (non-hydrogen) atoms. The Labute approximate surface area is 96.8 Å². The predicted molar refractivity (Wildman–Crippen MR) is 64.3 cm³/mol. The van der Waals surface area contributed by atoms with E-state index in [1.165, 1.54) is 6.92 Å². The maximum atomic E-state index is 10.1. The molecule has 0 saturated heterocycles. The van der Waals surface area contributed by atoms with E-state index < -0.39 is 5.97 Å². The van der Waals surface area contributed by atoms with E-state index in [1.54, 1.807) is 6.92 Å². The van der Waals surface area contributed by atoms with Crippen LogP contribution in [0.1, 0.15) is 13.8 Å². The van der Waals surface area contributed by atoms with Crippen LogP contribution in [0.2, 0.25) is 0 Å². The molecule has 5 heteroatoms. The van der Waals surface area contributed by atoms with Crippen LogP contribution < -0.4 is 5.32 Å². The summed E-state index contributed by atoms with van der Waals surface area (Å²) in [6.07, 6.45) is 1.14. The van der Waals surface area contributed by atoms with E-state index in [2.05, 4.69) is 23.2 Å². The lowest BCUT2D eigenvalue weighted by Gasteiger charge is -1.90. The van der Waals surface area contributed by atoms with Crippen molar-refractivity contribution in [1.82, 2.24) is 5.32 Å². The first kappa shape index (κ1) is 19.9. The molecule has 0 saturated carbocycles. The summed E-state index contributed by atoms with van der Waals surface area (Å²) in [7, 11) is 3.75. The second kappa shape index (κ2) is 15.8. The van der Waals surface area contributed by atoms with Gasteiger partial charge in [-0.15, -0.1) is 0 Å². The van der Waals surface area contributed by atoms with Crippen LogP contribution in [0.3, 0.4) is 0 Å².